The van der Waals surface area contributed by atoms with E-state index in [1.54, 1.807) is 24.3 Å². The van der Waals surface area contributed by atoms with E-state index in [2.05, 4.69) is 29.3 Å². The van der Waals surface area contributed by atoms with E-state index in [0.717, 1.165) is 19.5 Å². The molecule has 0 aliphatic heterocycles. The Bertz CT molecular complexity index is 699. The zero-order valence-corrected chi connectivity index (χ0v) is 15.4. The number of hydrogen-bond acceptors (Lipinski definition) is 4. The van der Waals surface area contributed by atoms with E-state index >= 15 is 0 Å². The lowest BCUT2D eigenvalue weighted by atomic mass is 10.1. The van der Waals surface area contributed by atoms with Gasteiger partial charge in [-0.3, -0.25) is 9.59 Å². The number of nitrogens with zero attached hydrogens (tertiary/aromatic N) is 1. The Labute approximate surface area is 155 Å². The van der Waals surface area contributed by atoms with Gasteiger partial charge in [-0.1, -0.05) is 18.2 Å². The largest absolute Gasteiger partial charge is 0.484 e. The van der Waals surface area contributed by atoms with E-state index in [0.29, 0.717) is 17.9 Å². The molecule has 0 fully saturated rings. The van der Waals surface area contributed by atoms with Crippen LogP contribution in [0.4, 0.5) is 5.69 Å². The zero-order valence-electron chi connectivity index (χ0n) is 15.4. The fraction of sp³-hybridized carbons (Fsp3) is 0.333. The highest BCUT2D eigenvalue weighted by Gasteiger charge is 2.06. The highest BCUT2D eigenvalue weighted by Crippen LogP contribution is 2.13. The van der Waals surface area contributed by atoms with Gasteiger partial charge in [0, 0.05) is 30.9 Å². The predicted octanol–water partition coefficient (Wildman–Crippen LogP) is 3.30. The molecule has 5 heteroatoms. The molecular weight excluding hydrogens is 328 g/mol. The summed E-state index contributed by atoms with van der Waals surface area (Å²) in [5.74, 6) is 0.431. The first-order chi connectivity index (χ1) is 12.6. The number of anilines is 1. The van der Waals surface area contributed by atoms with Crippen molar-refractivity contribution in [1.82, 2.24) is 5.32 Å². The molecule has 138 valence electrons. The van der Waals surface area contributed by atoms with Crippen molar-refractivity contribution in [1.29, 1.82) is 0 Å². The van der Waals surface area contributed by atoms with Crippen molar-refractivity contribution in [2.45, 2.75) is 20.3 Å². The summed E-state index contributed by atoms with van der Waals surface area (Å²) in [6.45, 7) is 6.02. The van der Waals surface area contributed by atoms with Crippen molar-refractivity contribution in [2.75, 3.05) is 31.1 Å². The number of ketones is 1. The molecule has 0 spiro atoms. The molecule has 0 bridgehead atoms. The topological polar surface area (TPSA) is 58.6 Å². The van der Waals surface area contributed by atoms with Crippen LogP contribution < -0.4 is 15.0 Å². The van der Waals surface area contributed by atoms with Gasteiger partial charge in [-0.05, 0) is 56.7 Å². The SMILES string of the molecule is CCN(CCCNC(=O)COc1ccc(C(C)=O)cc1)c1ccccc1. The molecular formula is C21H26N2O3. The van der Waals surface area contributed by atoms with Crippen molar-refractivity contribution in [2.24, 2.45) is 0 Å². The third-order valence-corrected chi connectivity index (χ3v) is 4.06. The lowest BCUT2D eigenvalue weighted by Crippen LogP contribution is -2.32. The van der Waals surface area contributed by atoms with E-state index in [9.17, 15) is 9.59 Å². The molecule has 2 aromatic rings. The van der Waals surface area contributed by atoms with Crippen molar-refractivity contribution < 1.29 is 14.3 Å². The quantitative estimate of drug-likeness (QED) is 0.525. The van der Waals surface area contributed by atoms with Crippen molar-refractivity contribution >= 4 is 17.4 Å². The maximum Gasteiger partial charge on any atom is 0.257 e. The van der Waals surface area contributed by atoms with Gasteiger partial charge in [0.1, 0.15) is 5.75 Å². The van der Waals surface area contributed by atoms with Gasteiger partial charge in [0.2, 0.25) is 0 Å². The average Bonchev–Trinajstić information content (AvgIpc) is 2.67. The summed E-state index contributed by atoms with van der Waals surface area (Å²) >= 11 is 0. The molecule has 0 aliphatic carbocycles. The van der Waals surface area contributed by atoms with Crippen LogP contribution in [0, 0.1) is 0 Å². The zero-order chi connectivity index (χ0) is 18.8. The Morgan fingerprint density at radius 2 is 1.73 bits per heavy atom. The molecule has 0 saturated carbocycles. The molecule has 0 saturated heterocycles. The lowest BCUT2D eigenvalue weighted by Gasteiger charge is -2.23. The summed E-state index contributed by atoms with van der Waals surface area (Å²) in [5.41, 5.74) is 1.82. The minimum atomic E-state index is -0.150. The maximum atomic E-state index is 11.9. The molecule has 2 aromatic carbocycles. The van der Waals surface area contributed by atoms with Gasteiger partial charge in [-0.2, -0.15) is 0 Å². The maximum absolute atomic E-state index is 11.9. The second-order valence-electron chi connectivity index (χ2n) is 5.99. The van der Waals surface area contributed by atoms with Crippen LogP contribution in [-0.2, 0) is 4.79 Å². The van der Waals surface area contributed by atoms with E-state index in [1.807, 2.05) is 18.2 Å². The summed E-state index contributed by atoms with van der Waals surface area (Å²) in [5, 5.41) is 2.87. The first-order valence-corrected chi connectivity index (χ1v) is 8.90. The van der Waals surface area contributed by atoms with Crippen LogP contribution in [0.1, 0.15) is 30.6 Å². The summed E-state index contributed by atoms with van der Waals surface area (Å²) in [6.07, 6.45) is 0.863. The van der Waals surface area contributed by atoms with Crippen LogP contribution in [-0.4, -0.2) is 37.9 Å². The molecule has 0 aromatic heterocycles. The Balaban J connectivity index is 1.66. The Kier molecular flexibility index (Phi) is 7.68. The number of rotatable bonds is 10. The van der Waals surface area contributed by atoms with Gasteiger partial charge in [0.15, 0.2) is 12.4 Å². The first kappa shape index (κ1) is 19.5. The number of Topliss-reactive ketones (excluding diaryl/α,β-unsaturated/α-hetero) is 1. The molecule has 0 radical (unpaired) electrons. The smallest absolute Gasteiger partial charge is 0.257 e. The number of amides is 1. The molecule has 26 heavy (non-hydrogen) atoms. The standard InChI is InChI=1S/C21H26N2O3/c1-3-23(19-8-5-4-6-9-19)15-7-14-22-21(25)16-26-20-12-10-18(11-13-20)17(2)24/h4-6,8-13H,3,7,14-16H2,1-2H3,(H,22,25). The molecule has 1 N–H and O–H groups in total. The van der Waals surface area contributed by atoms with Crippen LogP contribution in [0.25, 0.3) is 0 Å². The number of ether oxygens (including phenoxy) is 1. The van der Waals surface area contributed by atoms with Crippen LogP contribution in [0.3, 0.4) is 0 Å². The third kappa shape index (κ3) is 6.24. The number of carbonyl (C=O) groups excluding carboxylic acids is 2. The van der Waals surface area contributed by atoms with E-state index < -0.39 is 0 Å². The molecule has 0 atom stereocenters. The van der Waals surface area contributed by atoms with Crippen molar-refractivity contribution in [3.8, 4) is 5.75 Å². The Hall–Kier alpha value is -2.82. The van der Waals surface area contributed by atoms with E-state index in [4.69, 9.17) is 4.74 Å². The van der Waals surface area contributed by atoms with Gasteiger partial charge in [0.25, 0.3) is 5.91 Å². The summed E-state index contributed by atoms with van der Waals surface area (Å²) in [7, 11) is 0. The molecule has 2 rings (SSSR count). The molecule has 0 aliphatic rings. The molecule has 1 amide bonds. The highest BCUT2D eigenvalue weighted by atomic mass is 16.5. The van der Waals surface area contributed by atoms with Crippen LogP contribution >= 0.6 is 0 Å². The van der Waals surface area contributed by atoms with Crippen LogP contribution in [0.5, 0.6) is 5.75 Å². The number of benzene rings is 2. The number of nitrogens with one attached hydrogen (secondary N) is 1. The molecule has 0 heterocycles. The molecule has 0 unspecified atom stereocenters. The van der Waals surface area contributed by atoms with Gasteiger partial charge in [-0.25, -0.2) is 0 Å². The Morgan fingerprint density at radius 1 is 1.04 bits per heavy atom. The van der Waals surface area contributed by atoms with Gasteiger partial charge in [-0.15, -0.1) is 0 Å². The number of hydrogen-bond donors (Lipinski definition) is 1. The summed E-state index contributed by atoms with van der Waals surface area (Å²) < 4.78 is 5.44. The minimum absolute atomic E-state index is 0.00548. The number of para-hydroxylation sites is 1. The van der Waals surface area contributed by atoms with E-state index in [-0.39, 0.29) is 18.3 Å². The van der Waals surface area contributed by atoms with Crippen LogP contribution in [0.2, 0.25) is 0 Å². The highest BCUT2D eigenvalue weighted by molar-refractivity contribution is 5.94. The second-order valence-corrected chi connectivity index (χ2v) is 5.99. The molecule has 5 nitrogen and oxygen atoms in total. The average molecular weight is 354 g/mol. The fourth-order valence-electron chi connectivity index (χ4n) is 2.59. The van der Waals surface area contributed by atoms with Crippen molar-refractivity contribution in [3.05, 3.63) is 60.2 Å². The van der Waals surface area contributed by atoms with Gasteiger partial charge in [0.05, 0.1) is 0 Å². The lowest BCUT2D eigenvalue weighted by molar-refractivity contribution is -0.123. The van der Waals surface area contributed by atoms with Gasteiger partial charge < -0.3 is 15.0 Å². The predicted molar refractivity (Wildman–Crippen MR) is 104 cm³/mol. The van der Waals surface area contributed by atoms with Crippen molar-refractivity contribution in [3.63, 3.8) is 0 Å². The number of carbonyl (C=O) groups is 2. The second kappa shape index (κ2) is 10.2. The summed E-state index contributed by atoms with van der Waals surface area (Å²) in [4.78, 5) is 25.4. The summed E-state index contributed by atoms with van der Waals surface area (Å²) in [6, 6.07) is 17.0. The monoisotopic (exact) mass is 354 g/mol. The first-order valence-electron chi connectivity index (χ1n) is 8.90. The fourth-order valence-corrected chi connectivity index (χ4v) is 2.59. The minimum Gasteiger partial charge on any atom is -0.484 e. The third-order valence-electron chi connectivity index (χ3n) is 4.06. The normalized spacial score (nSPS) is 10.2. The Morgan fingerprint density at radius 3 is 2.35 bits per heavy atom. The van der Waals surface area contributed by atoms with E-state index in [1.165, 1.54) is 12.6 Å². The van der Waals surface area contributed by atoms with Crippen LogP contribution in [0.15, 0.2) is 54.6 Å². The van der Waals surface area contributed by atoms with Gasteiger partial charge >= 0.3 is 0 Å².